The van der Waals surface area contributed by atoms with Crippen LogP contribution in [0, 0.1) is 0 Å². The fourth-order valence-electron chi connectivity index (χ4n) is 4.64. The quantitative estimate of drug-likeness (QED) is 0.726. The molecule has 7 heteroatoms. The van der Waals surface area contributed by atoms with Gasteiger partial charge in [0.1, 0.15) is 0 Å². The number of aryl methyl sites for hydroxylation is 1. The van der Waals surface area contributed by atoms with Crippen LogP contribution in [0.5, 0.6) is 0 Å². The monoisotopic (exact) mass is 407 g/mol. The molecule has 3 N–H and O–H groups in total. The Morgan fingerprint density at radius 2 is 1.61 bits per heavy atom. The van der Waals surface area contributed by atoms with Gasteiger partial charge in [0.25, 0.3) is 0 Å². The molecule has 1 aromatic rings. The minimum absolute atomic E-state index is 0.0671. The van der Waals surface area contributed by atoms with Crippen molar-refractivity contribution in [3.8, 4) is 0 Å². The number of hydrogen-bond donors (Lipinski definition) is 2. The molecule has 1 saturated carbocycles. The maximum Gasteiger partial charge on any atom is 0.238 e. The van der Waals surface area contributed by atoms with Gasteiger partial charge < -0.3 is 5.32 Å². The highest BCUT2D eigenvalue weighted by Gasteiger charge is 2.38. The third-order valence-corrected chi connectivity index (χ3v) is 7.25. The zero-order chi connectivity index (χ0) is 20.0. The van der Waals surface area contributed by atoms with Gasteiger partial charge in [-0.05, 0) is 62.9 Å². The first-order chi connectivity index (χ1) is 13.4. The normalized spacial score (nSPS) is 20.6. The van der Waals surface area contributed by atoms with Gasteiger partial charge in [0.2, 0.25) is 15.9 Å². The summed E-state index contributed by atoms with van der Waals surface area (Å²) >= 11 is 0. The molecule has 156 valence electrons. The highest BCUT2D eigenvalue weighted by atomic mass is 32.2. The Bertz CT molecular complexity index is 750. The van der Waals surface area contributed by atoms with Crippen molar-refractivity contribution < 1.29 is 13.2 Å². The van der Waals surface area contributed by atoms with Gasteiger partial charge in [-0.1, -0.05) is 37.8 Å². The van der Waals surface area contributed by atoms with Crippen LogP contribution >= 0.6 is 0 Å². The van der Waals surface area contributed by atoms with Gasteiger partial charge in [0.15, 0.2) is 0 Å². The first-order valence-corrected chi connectivity index (χ1v) is 12.1. The van der Waals surface area contributed by atoms with E-state index in [1.807, 2.05) is 0 Å². The summed E-state index contributed by atoms with van der Waals surface area (Å²) in [5.41, 5.74) is 1.08. The topological polar surface area (TPSA) is 92.5 Å². The number of piperidine rings is 1. The van der Waals surface area contributed by atoms with E-state index < -0.39 is 10.0 Å². The van der Waals surface area contributed by atoms with Crippen molar-refractivity contribution >= 4 is 15.9 Å². The molecule has 28 heavy (non-hydrogen) atoms. The van der Waals surface area contributed by atoms with E-state index in [9.17, 15) is 13.2 Å². The van der Waals surface area contributed by atoms with Crippen LogP contribution in [0.1, 0.15) is 63.4 Å². The van der Waals surface area contributed by atoms with Crippen LogP contribution in [0.15, 0.2) is 29.2 Å². The van der Waals surface area contributed by atoms with Gasteiger partial charge in [0.05, 0.1) is 4.90 Å². The Kier molecular flexibility index (Phi) is 7.12. The number of nitrogens with zero attached hydrogens (tertiary/aromatic N) is 1. The molecule has 0 aromatic heterocycles. The minimum atomic E-state index is -3.67. The molecule has 6 nitrogen and oxygen atoms in total. The van der Waals surface area contributed by atoms with Crippen LogP contribution < -0.4 is 10.5 Å². The van der Waals surface area contributed by atoms with Crippen molar-refractivity contribution in [1.29, 1.82) is 0 Å². The number of nitrogens with two attached hydrogens (primary N) is 1. The molecule has 0 bridgehead atoms. The molecule has 1 saturated heterocycles. The summed E-state index contributed by atoms with van der Waals surface area (Å²) in [6.45, 7) is 3.06. The molecule has 1 heterocycles. The molecule has 0 radical (unpaired) electrons. The largest absolute Gasteiger partial charge is 0.354 e. The number of amides is 1. The van der Waals surface area contributed by atoms with E-state index in [0.29, 0.717) is 12.8 Å². The van der Waals surface area contributed by atoms with E-state index in [-0.39, 0.29) is 16.3 Å². The zero-order valence-corrected chi connectivity index (χ0v) is 17.5. The van der Waals surface area contributed by atoms with Crippen molar-refractivity contribution in [2.45, 2.75) is 74.6 Å². The summed E-state index contributed by atoms with van der Waals surface area (Å²) in [5, 5.41) is 8.32. The van der Waals surface area contributed by atoms with E-state index in [1.54, 1.807) is 12.1 Å². The lowest BCUT2D eigenvalue weighted by molar-refractivity contribution is -0.122. The number of hydrogen-bond acceptors (Lipinski definition) is 4. The Morgan fingerprint density at radius 1 is 1.00 bits per heavy atom. The molecule has 1 aliphatic carbocycles. The van der Waals surface area contributed by atoms with E-state index in [2.05, 4.69) is 10.2 Å². The average Bonchev–Trinajstić information content (AvgIpc) is 2.72. The van der Waals surface area contributed by atoms with Crippen molar-refractivity contribution in [2.75, 3.05) is 19.6 Å². The Labute approximate surface area is 168 Å². The molecule has 0 atom stereocenters. The summed E-state index contributed by atoms with van der Waals surface area (Å²) in [6.07, 6.45) is 11.0. The van der Waals surface area contributed by atoms with Gasteiger partial charge in [-0.25, -0.2) is 13.6 Å². The van der Waals surface area contributed by atoms with Crippen LogP contribution in [0.3, 0.4) is 0 Å². The third kappa shape index (κ3) is 5.55. The van der Waals surface area contributed by atoms with E-state index >= 15 is 0 Å². The standard InChI is InChI=1S/C21H33N3O3S/c22-28(26,27)19-10-7-18(8-11-19)9-12-20(25)23-17-21(13-3-1-4-14-21)24-15-5-2-6-16-24/h7-8,10-11H,1-6,9,12-17H2,(H,23,25)(H2,22,26,27). The first-order valence-electron chi connectivity index (χ1n) is 10.5. The summed E-state index contributed by atoms with van der Waals surface area (Å²) in [7, 11) is -3.67. The van der Waals surface area contributed by atoms with Crippen molar-refractivity contribution in [3.05, 3.63) is 29.8 Å². The zero-order valence-electron chi connectivity index (χ0n) is 16.7. The van der Waals surface area contributed by atoms with Gasteiger partial charge >= 0.3 is 0 Å². The molecule has 3 rings (SSSR count). The van der Waals surface area contributed by atoms with E-state index in [1.165, 1.54) is 63.5 Å². The summed E-state index contributed by atoms with van der Waals surface area (Å²) in [6, 6.07) is 6.44. The first kappa shape index (κ1) is 21.3. The summed E-state index contributed by atoms with van der Waals surface area (Å²) in [5.74, 6) is 0.0671. The van der Waals surface area contributed by atoms with Crippen LogP contribution in [0.4, 0.5) is 0 Å². The van der Waals surface area contributed by atoms with Gasteiger partial charge in [0, 0.05) is 18.5 Å². The fourth-order valence-corrected chi connectivity index (χ4v) is 5.15. The number of sulfonamides is 1. The number of benzene rings is 1. The van der Waals surface area contributed by atoms with E-state index in [4.69, 9.17) is 5.14 Å². The second-order valence-corrected chi connectivity index (χ2v) is 9.86. The van der Waals surface area contributed by atoms with Crippen molar-refractivity contribution in [2.24, 2.45) is 5.14 Å². The SMILES string of the molecule is NS(=O)(=O)c1ccc(CCC(=O)NCC2(N3CCCCC3)CCCCC2)cc1. The summed E-state index contributed by atoms with van der Waals surface area (Å²) in [4.78, 5) is 15.2. The molecular formula is C21H33N3O3S. The van der Waals surface area contributed by atoms with Gasteiger partial charge in [-0.2, -0.15) is 0 Å². The van der Waals surface area contributed by atoms with Gasteiger partial charge in [-0.3, -0.25) is 9.69 Å². The van der Waals surface area contributed by atoms with Crippen LogP contribution in [-0.4, -0.2) is 44.4 Å². The second kappa shape index (κ2) is 9.37. The number of primary sulfonamides is 1. The van der Waals surface area contributed by atoms with Crippen molar-refractivity contribution in [3.63, 3.8) is 0 Å². The molecular weight excluding hydrogens is 374 g/mol. The van der Waals surface area contributed by atoms with Crippen LogP contribution in [-0.2, 0) is 21.2 Å². The molecule has 1 aromatic carbocycles. The minimum Gasteiger partial charge on any atom is -0.354 e. The Hall–Kier alpha value is -1.44. The third-order valence-electron chi connectivity index (χ3n) is 6.32. The van der Waals surface area contributed by atoms with Crippen LogP contribution in [0.25, 0.3) is 0 Å². The lowest BCUT2D eigenvalue weighted by Crippen LogP contribution is -2.58. The van der Waals surface area contributed by atoms with Crippen molar-refractivity contribution in [1.82, 2.24) is 10.2 Å². The fraction of sp³-hybridized carbons (Fsp3) is 0.667. The number of rotatable bonds is 7. The number of nitrogens with one attached hydrogen (secondary N) is 1. The summed E-state index contributed by atoms with van der Waals surface area (Å²) < 4.78 is 22.6. The maximum absolute atomic E-state index is 12.5. The highest BCUT2D eigenvalue weighted by Crippen LogP contribution is 2.35. The Balaban J connectivity index is 1.52. The smallest absolute Gasteiger partial charge is 0.238 e. The number of carbonyl (C=O) groups excluding carboxylic acids is 1. The lowest BCUT2D eigenvalue weighted by atomic mass is 9.79. The predicted molar refractivity (Wildman–Crippen MR) is 110 cm³/mol. The number of likely N-dealkylation sites (tertiary alicyclic amines) is 1. The van der Waals surface area contributed by atoms with Crippen LogP contribution in [0.2, 0.25) is 0 Å². The molecule has 2 aliphatic rings. The molecule has 0 spiro atoms. The second-order valence-electron chi connectivity index (χ2n) is 8.30. The highest BCUT2D eigenvalue weighted by molar-refractivity contribution is 7.89. The molecule has 1 amide bonds. The average molecular weight is 408 g/mol. The lowest BCUT2D eigenvalue weighted by Gasteiger charge is -2.48. The number of carbonyl (C=O) groups is 1. The maximum atomic E-state index is 12.5. The molecule has 1 aliphatic heterocycles. The van der Waals surface area contributed by atoms with Gasteiger partial charge in [-0.15, -0.1) is 0 Å². The van der Waals surface area contributed by atoms with E-state index in [0.717, 1.165) is 25.2 Å². The molecule has 2 fully saturated rings. The Morgan fingerprint density at radius 3 is 2.21 bits per heavy atom. The molecule has 0 unspecified atom stereocenters. The predicted octanol–water partition coefficient (Wildman–Crippen LogP) is 2.57.